The second kappa shape index (κ2) is 7.20. The van der Waals surface area contributed by atoms with Crippen molar-refractivity contribution in [1.82, 2.24) is 9.97 Å². The molecule has 2 heterocycles. The Morgan fingerprint density at radius 2 is 1.57 bits per heavy atom. The third-order valence-corrected chi connectivity index (χ3v) is 4.25. The first-order valence-electron chi connectivity index (χ1n) is 8.45. The highest BCUT2D eigenvalue weighted by Crippen LogP contribution is 2.28. The zero-order valence-corrected chi connectivity index (χ0v) is 14.5. The monoisotopic (exact) mass is 373 g/mol. The number of nitrogens with zero attached hydrogens (tertiary/aromatic N) is 2. The van der Waals surface area contributed by atoms with E-state index in [1.807, 2.05) is 42.6 Å². The summed E-state index contributed by atoms with van der Waals surface area (Å²) in [5.41, 5.74) is 3.94. The third-order valence-electron chi connectivity index (χ3n) is 4.25. The molecule has 0 radical (unpaired) electrons. The molecule has 4 rings (SSSR count). The molecule has 2 amide bonds. The minimum Gasteiger partial charge on any atom is -0.346 e. The van der Waals surface area contributed by atoms with Crippen molar-refractivity contribution in [2.45, 2.75) is 0 Å². The lowest BCUT2D eigenvalue weighted by atomic mass is 10.0. The van der Waals surface area contributed by atoms with Gasteiger partial charge in [0.15, 0.2) is 0 Å². The number of carbonyl (C=O) groups excluding carboxylic acids is 1. The number of rotatable bonds is 4. The van der Waals surface area contributed by atoms with Crippen LogP contribution in [0.25, 0.3) is 22.2 Å². The normalized spacial score (nSPS) is 10.6. The van der Waals surface area contributed by atoms with Crippen LogP contribution in [0, 0.1) is 10.1 Å². The van der Waals surface area contributed by atoms with E-state index in [1.54, 1.807) is 6.20 Å². The van der Waals surface area contributed by atoms with Crippen LogP contribution in [-0.2, 0) is 0 Å². The van der Waals surface area contributed by atoms with Crippen molar-refractivity contribution in [1.29, 1.82) is 0 Å². The Hall–Kier alpha value is -4.20. The lowest BCUT2D eigenvalue weighted by Crippen LogP contribution is -2.19. The average Bonchev–Trinajstić information content (AvgIpc) is 3.18. The van der Waals surface area contributed by atoms with Gasteiger partial charge >= 0.3 is 6.03 Å². The largest absolute Gasteiger partial charge is 0.346 e. The van der Waals surface area contributed by atoms with Gasteiger partial charge in [0, 0.05) is 41.3 Å². The van der Waals surface area contributed by atoms with Crippen LogP contribution in [0.2, 0.25) is 0 Å². The van der Waals surface area contributed by atoms with E-state index in [4.69, 9.17) is 0 Å². The molecule has 2 aromatic heterocycles. The molecule has 0 saturated carbocycles. The van der Waals surface area contributed by atoms with Gasteiger partial charge in [-0.25, -0.2) is 9.78 Å². The standard InChI is InChI=1S/C20H15N5O3/c26-20(24-15-5-7-16(8-6-15)25(27)28)23-14-3-1-13(2-4-14)17-9-11-21-19-18(17)10-12-22-19/h1-12H,(H,21,22)(H2,23,24,26). The number of fused-ring (bicyclic) bond motifs is 1. The molecule has 0 bridgehead atoms. The van der Waals surface area contributed by atoms with E-state index in [2.05, 4.69) is 20.6 Å². The van der Waals surface area contributed by atoms with Crippen molar-refractivity contribution >= 4 is 34.1 Å². The van der Waals surface area contributed by atoms with Crippen molar-refractivity contribution < 1.29 is 9.72 Å². The molecule has 0 spiro atoms. The predicted molar refractivity (Wildman–Crippen MR) is 107 cm³/mol. The van der Waals surface area contributed by atoms with Gasteiger partial charge in [0.05, 0.1) is 4.92 Å². The van der Waals surface area contributed by atoms with E-state index < -0.39 is 11.0 Å². The van der Waals surface area contributed by atoms with Gasteiger partial charge in [-0.05, 0) is 47.5 Å². The number of hydrogen-bond acceptors (Lipinski definition) is 4. The van der Waals surface area contributed by atoms with Crippen molar-refractivity contribution in [2.75, 3.05) is 10.6 Å². The number of hydrogen-bond donors (Lipinski definition) is 3. The SMILES string of the molecule is O=C(Nc1ccc(-c2ccnc3[nH]ccc23)cc1)Nc1ccc([N+](=O)[O-])cc1. The van der Waals surface area contributed by atoms with Crippen LogP contribution >= 0.6 is 0 Å². The lowest BCUT2D eigenvalue weighted by Gasteiger charge is -2.09. The molecule has 0 aliphatic rings. The Morgan fingerprint density at radius 1 is 0.929 bits per heavy atom. The predicted octanol–water partition coefficient (Wildman–Crippen LogP) is 4.78. The van der Waals surface area contributed by atoms with Gasteiger partial charge in [0.2, 0.25) is 0 Å². The van der Waals surface area contributed by atoms with E-state index in [0.717, 1.165) is 22.2 Å². The summed E-state index contributed by atoms with van der Waals surface area (Å²) >= 11 is 0. The number of aromatic amines is 1. The number of non-ortho nitro benzene ring substituents is 1. The number of amides is 2. The summed E-state index contributed by atoms with van der Waals surface area (Å²) in [6.45, 7) is 0. The van der Waals surface area contributed by atoms with E-state index in [9.17, 15) is 14.9 Å². The van der Waals surface area contributed by atoms with Crippen LogP contribution in [0.4, 0.5) is 21.9 Å². The summed E-state index contributed by atoms with van der Waals surface area (Å²) in [5, 5.41) is 17.1. The molecule has 0 fully saturated rings. The number of nitro benzene ring substituents is 1. The molecular weight excluding hydrogens is 358 g/mol. The van der Waals surface area contributed by atoms with E-state index in [1.165, 1.54) is 24.3 Å². The van der Waals surface area contributed by atoms with Gasteiger partial charge in [-0.3, -0.25) is 10.1 Å². The molecule has 0 aliphatic carbocycles. The number of aromatic nitrogens is 2. The number of anilines is 2. The number of H-pyrrole nitrogens is 1. The van der Waals surface area contributed by atoms with Crippen LogP contribution < -0.4 is 10.6 Å². The lowest BCUT2D eigenvalue weighted by molar-refractivity contribution is -0.384. The molecule has 138 valence electrons. The molecule has 8 heteroatoms. The molecule has 4 aromatic rings. The van der Waals surface area contributed by atoms with E-state index >= 15 is 0 Å². The minimum absolute atomic E-state index is 0.0332. The summed E-state index contributed by atoms with van der Waals surface area (Å²) < 4.78 is 0. The third kappa shape index (κ3) is 3.51. The first-order chi connectivity index (χ1) is 13.6. The fourth-order valence-corrected chi connectivity index (χ4v) is 2.91. The Labute approximate surface area is 159 Å². The number of urea groups is 1. The van der Waals surface area contributed by atoms with Crippen molar-refractivity contribution in [3.63, 3.8) is 0 Å². The summed E-state index contributed by atoms with van der Waals surface area (Å²) in [4.78, 5) is 29.7. The number of benzene rings is 2. The van der Waals surface area contributed by atoms with Crippen LogP contribution in [0.5, 0.6) is 0 Å². The van der Waals surface area contributed by atoms with Crippen LogP contribution in [0.3, 0.4) is 0 Å². The molecular formula is C20H15N5O3. The summed E-state index contributed by atoms with van der Waals surface area (Å²) in [7, 11) is 0. The van der Waals surface area contributed by atoms with Crippen LogP contribution in [0.15, 0.2) is 73.1 Å². The van der Waals surface area contributed by atoms with E-state index in [0.29, 0.717) is 11.4 Å². The second-order valence-corrected chi connectivity index (χ2v) is 6.06. The molecule has 0 atom stereocenters. The fourth-order valence-electron chi connectivity index (χ4n) is 2.91. The number of carbonyl (C=O) groups is 1. The number of pyridine rings is 1. The maximum atomic E-state index is 12.1. The molecule has 0 saturated heterocycles. The fraction of sp³-hybridized carbons (Fsp3) is 0. The maximum Gasteiger partial charge on any atom is 0.323 e. The van der Waals surface area contributed by atoms with Crippen LogP contribution in [-0.4, -0.2) is 20.9 Å². The molecule has 0 aliphatic heterocycles. The molecule has 28 heavy (non-hydrogen) atoms. The Kier molecular flexibility index (Phi) is 4.43. The Bertz CT molecular complexity index is 1150. The maximum absolute atomic E-state index is 12.1. The van der Waals surface area contributed by atoms with Crippen molar-refractivity contribution in [3.05, 3.63) is 83.2 Å². The first kappa shape index (κ1) is 17.2. The Balaban J connectivity index is 1.45. The number of nitrogens with one attached hydrogen (secondary N) is 3. The van der Waals surface area contributed by atoms with Crippen molar-refractivity contribution in [2.24, 2.45) is 0 Å². The highest BCUT2D eigenvalue weighted by atomic mass is 16.6. The van der Waals surface area contributed by atoms with E-state index in [-0.39, 0.29) is 5.69 Å². The Morgan fingerprint density at radius 3 is 2.21 bits per heavy atom. The van der Waals surface area contributed by atoms with Gasteiger partial charge in [-0.1, -0.05) is 12.1 Å². The zero-order chi connectivity index (χ0) is 19.5. The van der Waals surface area contributed by atoms with Crippen molar-refractivity contribution in [3.8, 4) is 11.1 Å². The smallest absolute Gasteiger partial charge is 0.323 e. The molecule has 0 unspecified atom stereocenters. The number of nitro groups is 1. The summed E-state index contributed by atoms with van der Waals surface area (Å²) in [5.74, 6) is 0. The highest BCUT2D eigenvalue weighted by Gasteiger charge is 2.08. The highest BCUT2D eigenvalue weighted by molar-refractivity contribution is 6.00. The van der Waals surface area contributed by atoms with Gasteiger partial charge in [0.1, 0.15) is 5.65 Å². The van der Waals surface area contributed by atoms with Gasteiger partial charge < -0.3 is 15.6 Å². The average molecular weight is 373 g/mol. The zero-order valence-electron chi connectivity index (χ0n) is 14.5. The minimum atomic E-state index is -0.491. The van der Waals surface area contributed by atoms with Gasteiger partial charge in [-0.15, -0.1) is 0 Å². The molecule has 3 N–H and O–H groups in total. The summed E-state index contributed by atoms with van der Waals surface area (Å²) in [6.07, 6.45) is 3.59. The molecule has 8 nitrogen and oxygen atoms in total. The topological polar surface area (TPSA) is 113 Å². The second-order valence-electron chi connectivity index (χ2n) is 6.06. The van der Waals surface area contributed by atoms with Gasteiger partial charge in [0.25, 0.3) is 5.69 Å². The molecule has 2 aromatic carbocycles. The first-order valence-corrected chi connectivity index (χ1v) is 8.45. The summed E-state index contributed by atoms with van der Waals surface area (Å²) in [6, 6.07) is 16.6. The van der Waals surface area contributed by atoms with Crippen LogP contribution in [0.1, 0.15) is 0 Å². The van der Waals surface area contributed by atoms with Gasteiger partial charge in [-0.2, -0.15) is 0 Å². The quantitative estimate of drug-likeness (QED) is 0.353.